The zero-order chi connectivity index (χ0) is 11.7. The maximum Gasteiger partial charge on any atom is 0.105 e. The first kappa shape index (κ1) is 10.8. The SMILES string of the molecule is OC(C1=COCCC1)c1csc2ccccc12. The highest BCUT2D eigenvalue weighted by Crippen LogP contribution is 2.35. The minimum absolute atomic E-state index is 0.522. The van der Waals surface area contributed by atoms with Gasteiger partial charge in [0.2, 0.25) is 0 Å². The third-order valence-corrected chi connectivity index (χ3v) is 4.10. The highest BCUT2D eigenvalue weighted by Gasteiger charge is 2.19. The molecule has 1 aliphatic rings. The van der Waals surface area contributed by atoms with E-state index in [9.17, 15) is 5.11 Å². The summed E-state index contributed by atoms with van der Waals surface area (Å²) in [6.07, 6.45) is 3.11. The van der Waals surface area contributed by atoms with Crippen LogP contribution in [0.2, 0.25) is 0 Å². The van der Waals surface area contributed by atoms with Crippen LogP contribution in [0, 0.1) is 0 Å². The zero-order valence-corrected chi connectivity index (χ0v) is 10.2. The van der Waals surface area contributed by atoms with Crippen molar-refractivity contribution in [2.75, 3.05) is 6.61 Å². The lowest BCUT2D eigenvalue weighted by Gasteiger charge is -2.18. The van der Waals surface area contributed by atoms with Crippen molar-refractivity contribution in [1.82, 2.24) is 0 Å². The van der Waals surface area contributed by atoms with Gasteiger partial charge in [0, 0.05) is 10.3 Å². The number of aliphatic hydroxyl groups excluding tert-OH is 1. The van der Waals surface area contributed by atoms with Gasteiger partial charge in [-0.15, -0.1) is 11.3 Å². The molecular weight excluding hydrogens is 232 g/mol. The van der Waals surface area contributed by atoms with E-state index in [4.69, 9.17) is 4.74 Å². The first-order valence-electron chi connectivity index (χ1n) is 5.81. The molecular formula is C14H14O2S. The Kier molecular flexibility index (Phi) is 2.87. The average molecular weight is 246 g/mol. The molecule has 3 heteroatoms. The molecule has 1 N–H and O–H groups in total. The molecule has 2 nitrogen and oxygen atoms in total. The largest absolute Gasteiger partial charge is 0.501 e. The van der Waals surface area contributed by atoms with Crippen LogP contribution < -0.4 is 0 Å². The molecule has 0 fully saturated rings. The normalized spacial score (nSPS) is 17.6. The van der Waals surface area contributed by atoms with Gasteiger partial charge in [0.1, 0.15) is 6.10 Å². The van der Waals surface area contributed by atoms with Crippen LogP contribution in [0.5, 0.6) is 0 Å². The number of thiophene rings is 1. The third-order valence-electron chi connectivity index (χ3n) is 3.12. The van der Waals surface area contributed by atoms with E-state index in [0.717, 1.165) is 36.0 Å². The molecule has 0 amide bonds. The number of benzene rings is 1. The minimum atomic E-state index is -0.522. The number of fused-ring (bicyclic) bond motifs is 1. The smallest absolute Gasteiger partial charge is 0.105 e. The lowest BCUT2D eigenvalue weighted by atomic mass is 9.98. The van der Waals surface area contributed by atoms with E-state index in [1.54, 1.807) is 17.6 Å². The topological polar surface area (TPSA) is 29.5 Å². The second-order valence-electron chi connectivity index (χ2n) is 4.26. The summed E-state index contributed by atoms with van der Waals surface area (Å²) in [5.74, 6) is 0. The van der Waals surface area contributed by atoms with Crippen molar-refractivity contribution in [2.45, 2.75) is 18.9 Å². The van der Waals surface area contributed by atoms with Crippen LogP contribution in [-0.2, 0) is 4.74 Å². The highest BCUT2D eigenvalue weighted by atomic mass is 32.1. The number of rotatable bonds is 2. The molecule has 0 spiro atoms. The molecule has 1 aliphatic heterocycles. The van der Waals surface area contributed by atoms with E-state index < -0.39 is 6.10 Å². The van der Waals surface area contributed by atoms with Gasteiger partial charge in [0.05, 0.1) is 12.9 Å². The van der Waals surface area contributed by atoms with Crippen molar-refractivity contribution in [2.24, 2.45) is 0 Å². The van der Waals surface area contributed by atoms with Crippen molar-refractivity contribution < 1.29 is 9.84 Å². The summed E-state index contributed by atoms with van der Waals surface area (Å²) in [4.78, 5) is 0. The van der Waals surface area contributed by atoms with E-state index in [-0.39, 0.29) is 0 Å². The standard InChI is InChI=1S/C14H14O2S/c15-14(10-4-3-7-16-8-10)12-9-17-13-6-2-1-5-11(12)13/h1-2,5-6,8-9,14-15H,3-4,7H2. The zero-order valence-electron chi connectivity index (χ0n) is 9.43. The number of hydrogen-bond acceptors (Lipinski definition) is 3. The predicted molar refractivity (Wildman–Crippen MR) is 70.1 cm³/mol. The van der Waals surface area contributed by atoms with Crippen molar-refractivity contribution in [3.05, 3.63) is 47.0 Å². The molecule has 17 heavy (non-hydrogen) atoms. The molecule has 1 atom stereocenters. The highest BCUT2D eigenvalue weighted by molar-refractivity contribution is 7.17. The summed E-state index contributed by atoms with van der Waals surface area (Å²) in [5.41, 5.74) is 1.99. The number of ether oxygens (including phenoxy) is 1. The van der Waals surface area contributed by atoms with Gasteiger partial charge in [-0.3, -0.25) is 0 Å². The fraction of sp³-hybridized carbons (Fsp3) is 0.286. The maximum atomic E-state index is 10.4. The van der Waals surface area contributed by atoms with Crippen LogP contribution in [0.3, 0.4) is 0 Å². The molecule has 0 saturated carbocycles. The molecule has 3 rings (SSSR count). The van der Waals surface area contributed by atoms with Crippen LogP contribution in [0.15, 0.2) is 41.5 Å². The van der Waals surface area contributed by atoms with Crippen molar-refractivity contribution in [3.63, 3.8) is 0 Å². The minimum Gasteiger partial charge on any atom is -0.501 e. The van der Waals surface area contributed by atoms with Crippen LogP contribution in [0.25, 0.3) is 10.1 Å². The van der Waals surface area contributed by atoms with Gasteiger partial charge in [-0.2, -0.15) is 0 Å². The Morgan fingerprint density at radius 2 is 2.18 bits per heavy atom. The van der Waals surface area contributed by atoms with Gasteiger partial charge in [-0.05, 0) is 35.2 Å². The van der Waals surface area contributed by atoms with Crippen LogP contribution in [-0.4, -0.2) is 11.7 Å². The molecule has 1 unspecified atom stereocenters. The molecule has 2 heterocycles. The Hall–Kier alpha value is -1.32. The monoisotopic (exact) mass is 246 g/mol. The molecule has 0 aliphatic carbocycles. The summed E-state index contributed by atoms with van der Waals surface area (Å²) in [6, 6.07) is 8.19. The summed E-state index contributed by atoms with van der Waals surface area (Å²) in [7, 11) is 0. The molecule has 2 aromatic rings. The first-order chi connectivity index (χ1) is 8.36. The van der Waals surface area contributed by atoms with E-state index in [2.05, 4.69) is 12.1 Å². The van der Waals surface area contributed by atoms with Crippen molar-refractivity contribution in [3.8, 4) is 0 Å². The van der Waals surface area contributed by atoms with Crippen LogP contribution in [0.4, 0.5) is 0 Å². The Morgan fingerprint density at radius 3 is 3.00 bits per heavy atom. The van der Waals surface area contributed by atoms with E-state index in [0.29, 0.717) is 0 Å². The number of hydrogen-bond donors (Lipinski definition) is 1. The quantitative estimate of drug-likeness (QED) is 0.876. The fourth-order valence-electron chi connectivity index (χ4n) is 2.20. The first-order valence-corrected chi connectivity index (χ1v) is 6.69. The van der Waals surface area contributed by atoms with Gasteiger partial charge >= 0.3 is 0 Å². The van der Waals surface area contributed by atoms with E-state index >= 15 is 0 Å². The molecule has 1 aromatic heterocycles. The molecule has 0 radical (unpaired) electrons. The van der Waals surface area contributed by atoms with Crippen molar-refractivity contribution in [1.29, 1.82) is 0 Å². The molecule has 0 saturated heterocycles. The Balaban J connectivity index is 2.00. The summed E-state index contributed by atoms with van der Waals surface area (Å²) in [5, 5.41) is 13.6. The second kappa shape index (κ2) is 4.51. The van der Waals surface area contributed by atoms with Crippen molar-refractivity contribution >= 4 is 21.4 Å². The van der Waals surface area contributed by atoms with E-state index in [1.165, 1.54) is 4.70 Å². The average Bonchev–Trinajstić information content (AvgIpc) is 2.83. The summed E-state index contributed by atoms with van der Waals surface area (Å²) in [6.45, 7) is 0.764. The van der Waals surface area contributed by atoms with Crippen LogP contribution in [0.1, 0.15) is 24.5 Å². The lowest BCUT2D eigenvalue weighted by Crippen LogP contribution is -2.07. The third kappa shape index (κ3) is 1.96. The van der Waals surface area contributed by atoms with Gasteiger partial charge in [-0.1, -0.05) is 18.2 Å². The molecule has 1 aromatic carbocycles. The van der Waals surface area contributed by atoms with Gasteiger partial charge in [-0.25, -0.2) is 0 Å². The number of aliphatic hydroxyl groups is 1. The summed E-state index contributed by atoms with van der Waals surface area (Å²) < 4.78 is 6.52. The van der Waals surface area contributed by atoms with Gasteiger partial charge < -0.3 is 9.84 Å². The van der Waals surface area contributed by atoms with Gasteiger partial charge in [0.25, 0.3) is 0 Å². The maximum absolute atomic E-state index is 10.4. The second-order valence-corrected chi connectivity index (χ2v) is 5.17. The lowest BCUT2D eigenvalue weighted by molar-refractivity contribution is 0.171. The Morgan fingerprint density at radius 1 is 1.29 bits per heavy atom. The Bertz CT molecular complexity index is 556. The molecule has 88 valence electrons. The summed E-state index contributed by atoms with van der Waals surface area (Å²) >= 11 is 1.68. The fourth-order valence-corrected chi connectivity index (χ4v) is 3.18. The Labute approximate surface area is 104 Å². The van der Waals surface area contributed by atoms with E-state index in [1.807, 2.05) is 17.5 Å². The molecule has 0 bridgehead atoms. The predicted octanol–water partition coefficient (Wildman–Crippen LogP) is 3.63. The van der Waals surface area contributed by atoms with Gasteiger partial charge in [0.15, 0.2) is 0 Å². The van der Waals surface area contributed by atoms with Crippen LogP contribution >= 0.6 is 11.3 Å².